The lowest BCUT2D eigenvalue weighted by Gasteiger charge is -1.99. The van der Waals surface area contributed by atoms with Crippen molar-refractivity contribution in [1.29, 1.82) is 0 Å². The predicted octanol–water partition coefficient (Wildman–Crippen LogP) is 1.41. The van der Waals surface area contributed by atoms with Crippen LogP contribution in [-0.4, -0.2) is 28.2 Å². The van der Waals surface area contributed by atoms with E-state index in [-0.39, 0.29) is 5.56 Å². The van der Waals surface area contributed by atoms with Crippen LogP contribution in [0.4, 0.5) is 0 Å². The molecule has 0 fully saturated rings. The molecule has 2 N–H and O–H groups in total. The summed E-state index contributed by atoms with van der Waals surface area (Å²) in [7, 11) is 1.58. The van der Waals surface area contributed by atoms with E-state index in [1.165, 1.54) is 6.20 Å². The van der Waals surface area contributed by atoms with Crippen LogP contribution in [0.3, 0.4) is 0 Å². The van der Waals surface area contributed by atoms with Gasteiger partial charge in [0, 0.05) is 24.9 Å². The van der Waals surface area contributed by atoms with Gasteiger partial charge in [-0.1, -0.05) is 0 Å². The van der Waals surface area contributed by atoms with E-state index in [4.69, 9.17) is 9.84 Å². The fraction of sp³-hybridized carbons (Fsp3) is 0.200. The van der Waals surface area contributed by atoms with Crippen LogP contribution < -0.4 is 0 Å². The number of methoxy groups -OCH3 is 1. The fourth-order valence-corrected chi connectivity index (χ4v) is 1.47. The van der Waals surface area contributed by atoms with Gasteiger partial charge in [-0.25, -0.2) is 9.78 Å². The summed E-state index contributed by atoms with van der Waals surface area (Å²) in [6.45, 7) is 0.424. The number of ether oxygens (including phenoxy) is 1. The zero-order valence-corrected chi connectivity index (χ0v) is 8.15. The molecule has 0 atom stereocenters. The van der Waals surface area contributed by atoms with Crippen molar-refractivity contribution in [1.82, 2.24) is 9.97 Å². The lowest BCUT2D eigenvalue weighted by Crippen LogP contribution is -1.95. The number of carbonyl (C=O) groups is 1. The van der Waals surface area contributed by atoms with Crippen LogP contribution in [0.25, 0.3) is 11.0 Å². The molecule has 15 heavy (non-hydrogen) atoms. The minimum Gasteiger partial charge on any atom is -0.478 e. The average Bonchev–Trinajstić information content (AvgIpc) is 2.61. The summed E-state index contributed by atoms with van der Waals surface area (Å²) < 4.78 is 4.96. The summed E-state index contributed by atoms with van der Waals surface area (Å²) in [5.41, 5.74) is 1.66. The molecule has 2 rings (SSSR count). The smallest absolute Gasteiger partial charge is 0.337 e. The summed E-state index contributed by atoms with van der Waals surface area (Å²) >= 11 is 0. The molecule has 0 bridgehead atoms. The van der Waals surface area contributed by atoms with E-state index in [0.717, 1.165) is 5.56 Å². The molecule has 78 valence electrons. The second-order valence-electron chi connectivity index (χ2n) is 3.18. The molecule has 0 aliphatic carbocycles. The maximum Gasteiger partial charge on any atom is 0.337 e. The largest absolute Gasteiger partial charge is 0.478 e. The highest BCUT2D eigenvalue weighted by atomic mass is 16.5. The van der Waals surface area contributed by atoms with Gasteiger partial charge in [-0.05, 0) is 11.6 Å². The summed E-state index contributed by atoms with van der Waals surface area (Å²) in [6.07, 6.45) is 3.10. The van der Waals surface area contributed by atoms with Gasteiger partial charge in [0.2, 0.25) is 0 Å². The predicted molar refractivity (Wildman–Crippen MR) is 53.8 cm³/mol. The minimum atomic E-state index is -0.961. The first kappa shape index (κ1) is 9.67. The van der Waals surface area contributed by atoms with Crippen molar-refractivity contribution in [3.05, 3.63) is 29.6 Å². The number of nitrogens with zero attached hydrogens (tertiary/aromatic N) is 1. The Kier molecular flexibility index (Phi) is 2.39. The highest BCUT2D eigenvalue weighted by Gasteiger charge is 2.11. The summed E-state index contributed by atoms with van der Waals surface area (Å²) in [5.74, 6) is -0.961. The van der Waals surface area contributed by atoms with E-state index in [2.05, 4.69) is 9.97 Å². The second-order valence-corrected chi connectivity index (χ2v) is 3.18. The second kappa shape index (κ2) is 3.70. The summed E-state index contributed by atoms with van der Waals surface area (Å²) in [4.78, 5) is 17.8. The maximum atomic E-state index is 10.9. The number of nitrogens with one attached hydrogen (secondary N) is 1. The van der Waals surface area contributed by atoms with E-state index < -0.39 is 5.97 Å². The number of rotatable bonds is 3. The fourth-order valence-electron chi connectivity index (χ4n) is 1.47. The Morgan fingerprint density at radius 3 is 3.13 bits per heavy atom. The first-order valence-electron chi connectivity index (χ1n) is 4.40. The molecule has 2 heterocycles. The number of carboxylic acids is 1. The standard InChI is InChI=1S/C10H10N2O3/c1-15-5-6-2-7-8(10(13)14)4-12-9(7)11-3-6/h2-4H,5H2,1H3,(H,11,12)(H,13,14). The Labute approximate surface area is 85.7 Å². The van der Waals surface area contributed by atoms with Crippen molar-refractivity contribution in [2.24, 2.45) is 0 Å². The van der Waals surface area contributed by atoms with Crippen molar-refractivity contribution >= 4 is 17.0 Å². The number of aromatic carboxylic acids is 1. The van der Waals surface area contributed by atoms with Crippen molar-refractivity contribution in [3.8, 4) is 0 Å². The molecular formula is C10H10N2O3. The molecule has 0 aromatic carbocycles. The normalized spacial score (nSPS) is 10.7. The number of carboxylic acid groups (broad SMARTS) is 1. The summed E-state index contributed by atoms with van der Waals surface area (Å²) in [6, 6.07) is 1.77. The average molecular weight is 206 g/mol. The van der Waals surface area contributed by atoms with E-state index in [1.807, 2.05) is 0 Å². The van der Waals surface area contributed by atoms with Gasteiger partial charge in [-0.2, -0.15) is 0 Å². The number of hydrogen-bond acceptors (Lipinski definition) is 3. The zero-order chi connectivity index (χ0) is 10.8. The first-order chi connectivity index (χ1) is 7.22. The van der Waals surface area contributed by atoms with E-state index in [9.17, 15) is 4.79 Å². The van der Waals surface area contributed by atoms with E-state index in [0.29, 0.717) is 17.6 Å². The van der Waals surface area contributed by atoms with Gasteiger partial charge in [0.05, 0.1) is 12.2 Å². The van der Waals surface area contributed by atoms with Gasteiger partial charge in [-0.15, -0.1) is 0 Å². The van der Waals surface area contributed by atoms with Crippen molar-refractivity contribution in [3.63, 3.8) is 0 Å². The molecule has 0 amide bonds. The lowest BCUT2D eigenvalue weighted by atomic mass is 10.2. The van der Waals surface area contributed by atoms with Crippen LogP contribution in [0.15, 0.2) is 18.5 Å². The van der Waals surface area contributed by atoms with Crippen LogP contribution in [-0.2, 0) is 11.3 Å². The number of aromatic nitrogens is 2. The SMILES string of the molecule is COCc1cnc2[nH]cc(C(=O)O)c2c1. The molecule has 0 aliphatic heterocycles. The Morgan fingerprint density at radius 1 is 1.67 bits per heavy atom. The highest BCUT2D eigenvalue weighted by molar-refractivity contribution is 6.02. The van der Waals surface area contributed by atoms with Gasteiger partial charge in [0.1, 0.15) is 5.65 Å². The van der Waals surface area contributed by atoms with Crippen molar-refractivity contribution in [2.75, 3.05) is 7.11 Å². The van der Waals surface area contributed by atoms with Crippen LogP contribution in [0.5, 0.6) is 0 Å². The Morgan fingerprint density at radius 2 is 2.47 bits per heavy atom. The zero-order valence-electron chi connectivity index (χ0n) is 8.15. The molecule has 0 spiro atoms. The quantitative estimate of drug-likeness (QED) is 0.796. The van der Waals surface area contributed by atoms with Crippen molar-refractivity contribution < 1.29 is 14.6 Å². The lowest BCUT2D eigenvalue weighted by molar-refractivity contribution is 0.0699. The van der Waals surface area contributed by atoms with Gasteiger partial charge in [0.25, 0.3) is 0 Å². The minimum absolute atomic E-state index is 0.232. The molecule has 2 aromatic heterocycles. The van der Waals surface area contributed by atoms with Crippen LogP contribution in [0, 0.1) is 0 Å². The first-order valence-corrected chi connectivity index (χ1v) is 4.40. The van der Waals surface area contributed by atoms with Gasteiger partial charge < -0.3 is 14.8 Å². The van der Waals surface area contributed by atoms with E-state index >= 15 is 0 Å². The van der Waals surface area contributed by atoms with Crippen LogP contribution in [0.2, 0.25) is 0 Å². The molecule has 2 aromatic rings. The van der Waals surface area contributed by atoms with Gasteiger partial charge in [-0.3, -0.25) is 0 Å². The monoisotopic (exact) mass is 206 g/mol. The number of H-pyrrole nitrogens is 1. The Hall–Kier alpha value is -1.88. The number of fused-ring (bicyclic) bond motifs is 1. The number of aromatic amines is 1. The number of pyridine rings is 1. The molecular weight excluding hydrogens is 196 g/mol. The van der Waals surface area contributed by atoms with Gasteiger partial charge >= 0.3 is 5.97 Å². The third-order valence-corrected chi connectivity index (χ3v) is 2.13. The molecule has 0 aliphatic rings. The third kappa shape index (κ3) is 1.69. The Bertz CT molecular complexity index is 504. The third-order valence-electron chi connectivity index (χ3n) is 2.13. The molecule has 5 heteroatoms. The molecule has 0 saturated carbocycles. The topological polar surface area (TPSA) is 75.2 Å². The summed E-state index contributed by atoms with van der Waals surface area (Å²) in [5, 5.41) is 9.52. The van der Waals surface area contributed by atoms with Gasteiger partial charge in [0.15, 0.2) is 0 Å². The molecule has 0 radical (unpaired) electrons. The Balaban J connectivity index is 2.56. The van der Waals surface area contributed by atoms with E-state index in [1.54, 1.807) is 19.4 Å². The molecule has 0 saturated heterocycles. The number of hydrogen-bond donors (Lipinski definition) is 2. The van der Waals surface area contributed by atoms with Crippen LogP contribution in [0.1, 0.15) is 15.9 Å². The van der Waals surface area contributed by atoms with Crippen molar-refractivity contribution in [2.45, 2.75) is 6.61 Å². The maximum absolute atomic E-state index is 10.9. The molecule has 5 nitrogen and oxygen atoms in total. The van der Waals surface area contributed by atoms with Crippen LogP contribution >= 0.6 is 0 Å². The molecule has 0 unspecified atom stereocenters. The highest BCUT2D eigenvalue weighted by Crippen LogP contribution is 2.17.